The standard InChI is InChI=1S/C18H16.CH4/c1-3-13-9-11-15-7-5-6-8-16-12-10-14(4-2)17(13)18(15)16;/h3-5,7-12H,1,6H2,2H3;1H4/b14-4-;. The van der Waals surface area contributed by atoms with E-state index in [1.165, 1.54) is 32.3 Å². The predicted octanol–water partition coefficient (Wildman–Crippen LogP) is 4.12. The molecule has 2 aromatic rings. The van der Waals surface area contributed by atoms with Gasteiger partial charge in [-0.25, -0.2) is 0 Å². The van der Waals surface area contributed by atoms with Gasteiger partial charge in [0, 0.05) is 0 Å². The second-order valence-corrected chi connectivity index (χ2v) is 4.57. The molecule has 0 heteroatoms. The van der Waals surface area contributed by atoms with Gasteiger partial charge in [-0.1, -0.05) is 68.7 Å². The van der Waals surface area contributed by atoms with Crippen LogP contribution in [0.5, 0.6) is 0 Å². The number of allylic oxidation sites excluding steroid dienone is 1. The van der Waals surface area contributed by atoms with Crippen LogP contribution in [0.4, 0.5) is 0 Å². The molecular formula is C19H20. The van der Waals surface area contributed by atoms with Crippen molar-refractivity contribution in [1.29, 1.82) is 0 Å². The molecular weight excluding hydrogens is 228 g/mol. The van der Waals surface area contributed by atoms with Crippen LogP contribution in [-0.4, -0.2) is 0 Å². The van der Waals surface area contributed by atoms with Gasteiger partial charge in [-0.15, -0.1) is 0 Å². The van der Waals surface area contributed by atoms with Crippen LogP contribution in [0.15, 0.2) is 36.9 Å². The van der Waals surface area contributed by atoms with E-state index in [1.54, 1.807) is 0 Å². The first-order valence-electron chi connectivity index (χ1n) is 6.36. The Morgan fingerprint density at radius 1 is 1.11 bits per heavy atom. The lowest BCUT2D eigenvalue weighted by Gasteiger charge is -2.08. The van der Waals surface area contributed by atoms with Crippen molar-refractivity contribution in [3.8, 4) is 0 Å². The fourth-order valence-corrected chi connectivity index (χ4v) is 2.71. The Morgan fingerprint density at radius 3 is 2.68 bits per heavy atom. The van der Waals surface area contributed by atoms with Gasteiger partial charge in [-0.05, 0) is 45.7 Å². The zero-order valence-electron chi connectivity index (χ0n) is 10.6. The van der Waals surface area contributed by atoms with E-state index in [-0.39, 0.29) is 7.43 Å². The molecule has 96 valence electrons. The summed E-state index contributed by atoms with van der Waals surface area (Å²) in [7, 11) is 0. The van der Waals surface area contributed by atoms with E-state index >= 15 is 0 Å². The Hall–Kier alpha value is -2.08. The second kappa shape index (κ2) is 5.27. The first kappa shape index (κ1) is 13.4. The maximum absolute atomic E-state index is 3.94. The smallest absolute Gasteiger partial charge is 0.00301 e. The summed E-state index contributed by atoms with van der Waals surface area (Å²) in [4.78, 5) is 0. The lowest BCUT2D eigenvalue weighted by molar-refractivity contribution is 1.50. The maximum Gasteiger partial charge on any atom is -0.00301 e. The summed E-state index contributed by atoms with van der Waals surface area (Å²) in [6.45, 7) is 6.03. The Balaban J connectivity index is 0.00000133. The summed E-state index contributed by atoms with van der Waals surface area (Å²) in [5.41, 5.74) is 2.52. The predicted molar refractivity (Wildman–Crippen MR) is 88.3 cm³/mol. The van der Waals surface area contributed by atoms with Crippen LogP contribution in [0.25, 0.3) is 35.1 Å². The molecule has 0 bridgehead atoms. The Morgan fingerprint density at radius 2 is 1.95 bits per heavy atom. The van der Waals surface area contributed by atoms with Crippen molar-refractivity contribution in [2.24, 2.45) is 0 Å². The van der Waals surface area contributed by atoms with Crippen molar-refractivity contribution < 1.29 is 0 Å². The van der Waals surface area contributed by atoms with E-state index in [0.717, 1.165) is 6.42 Å². The van der Waals surface area contributed by atoms with Crippen molar-refractivity contribution in [2.75, 3.05) is 0 Å². The normalized spacial score (nSPS) is 13.6. The molecule has 0 fully saturated rings. The highest BCUT2D eigenvalue weighted by atomic mass is 14.1. The van der Waals surface area contributed by atoms with Crippen molar-refractivity contribution in [3.63, 3.8) is 0 Å². The van der Waals surface area contributed by atoms with E-state index in [9.17, 15) is 0 Å². The number of hydrogen-bond donors (Lipinski definition) is 0. The van der Waals surface area contributed by atoms with Crippen LogP contribution >= 0.6 is 0 Å². The van der Waals surface area contributed by atoms with E-state index in [4.69, 9.17) is 0 Å². The number of hydrogen-bond acceptors (Lipinski definition) is 0. The molecule has 0 saturated heterocycles. The summed E-state index contributed by atoms with van der Waals surface area (Å²) >= 11 is 0. The molecule has 0 heterocycles. The molecule has 0 amide bonds. The molecule has 0 aliphatic heterocycles. The molecule has 0 saturated carbocycles. The van der Waals surface area contributed by atoms with Gasteiger partial charge >= 0.3 is 0 Å². The van der Waals surface area contributed by atoms with Crippen molar-refractivity contribution in [1.82, 2.24) is 0 Å². The number of rotatable bonds is 1. The Labute approximate surface area is 115 Å². The van der Waals surface area contributed by atoms with Crippen LogP contribution in [0, 0.1) is 0 Å². The third kappa shape index (κ3) is 2.04. The van der Waals surface area contributed by atoms with Gasteiger partial charge in [0.05, 0.1) is 0 Å². The number of benzene rings is 2. The minimum atomic E-state index is 0. The van der Waals surface area contributed by atoms with Crippen LogP contribution in [0.2, 0.25) is 0 Å². The fourth-order valence-electron chi connectivity index (χ4n) is 2.71. The first-order valence-corrected chi connectivity index (χ1v) is 6.36. The third-order valence-corrected chi connectivity index (χ3v) is 3.59. The topological polar surface area (TPSA) is 0 Å². The molecule has 19 heavy (non-hydrogen) atoms. The van der Waals surface area contributed by atoms with Crippen LogP contribution in [0.1, 0.15) is 31.9 Å². The molecule has 2 aromatic carbocycles. The zero-order chi connectivity index (χ0) is 12.5. The summed E-state index contributed by atoms with van der Waals surface area (Å²) in [5.74, 6) is 0. The summed E-state index contributed by atoms with van der Waals surface area (Å²) < 4.78 is 0. The third-order valence-electron chi connectivity index (χ3n) is 3.59. The van der Waals surface area contributed by atoms with E-state index in [2.05, 4.69) is 62.1 Å². The van der Waals surface area contributed by atoms with Crippen molar-refractivity contribution >= 4 is 35.1 Å². The molecule has 0 radical (unpaired) electrons. The van der Waals surface area contributed by atoms with E-state index in [1.807, 2.05) is 6.08 Å². The van der Waals surface area contributed by atoms with Crippen molar-refractivity contribution in [3.05, 3.63) is 58.5 Å². The van der Waals surface area contributed by atoms with Crippen LogP contribution in [-0.2, 0) is 0 Å². The SMILES string of the molecule is C.C=Cc1ccc2c3c(cc/c(=C/C)c13)=CCC=C2. The highest BCUT2D eigenvalue weighted by Crippen LogP contribution is 2.21. The lowest BCUT2D eigenvalue weighted by Crippen LogP contribution is -2.12. The molecule has 3 rings (SSSR count). The van der Waals surface area contributed by atoms with E-state index in [0.29, 0.717) is 0 Å². The van der Waals surface area contributed by atoms with Crippen LogP contribution < -0.4 is 10.4 Å². The molecule has 0 spiro atoms. The Bertz CT molecular complexity index is 774. The molecule has 0 unspecified atom stereocenters. The average molecular weight is 248 g/mol. The molecule has 0 nitrogen and oxygen atoms in total. The van der Waals surface area contributed by atoms with E-state index < -0.39 is 0 Å². The molecule has 1 aliphatic carbocycles. The van der Waals surface area contributed by atoms with Gasteiger partial charge in [0.25, 0.3) is 0 Å². The largest absolute Gasteiger partial charge is 0.0984 e. The van der Waals surface area contributed by atoms with Gasteiger partial charge in [0.1, 0.15) is 0 Å². The van der Waals surface area contributed by atoms with Gasteiger partial charge in [0.2, 0.25) is 0 Å². The van der Waals surface area contributed by atoms with Gasteiger partial charge in [-0.2, -0.15) is 0 Å². The van der Waals surface area contributed by atoms with Gasteiger partial charge < -0.3 is 0 Å². The second-order valence-electron chi connectivity index (χ2n) is 4.57. The molecule has 0 N–H and O–H groups in total. The fraction of sp³-hybridized carbons (Fsp3) is 0.158. The Kier molecular flexibility index (Phi) is 3.71. The van der Waals surface area contributed by atoms with Gasteiger partial charge in [-0.3, -0.25) is 0 Å². The lowest BCUT2D eigenvalue weighted by atomic mass is 9.96. The first-order chi connectivity index (χ1) is 8.85. The maximum atomic E-state index is 3.94. The minimum absolute atomic E-state index is 0. The summed E-state index contributed by atoms with van der Waals surface area (Å²) in [5, 5.41) is 5.30. The minimum Gasteiger partial charge on any atom is -0.0984 e. The summed E-state index contributed by atoms with van der Waals surface area (Å²) in [6.07, 6.45) is 11.9. The van der Waals surface area contributed by atoms with Crippen LogP contribution in [0.3, 0.4) is 0 Å². The monoisotopic (exact) mass is 248 g/mol. The van der Waals surface area contributed by atoms with Crippen molar-refractivity contribution in [2.45, 2.75) is 20.8 Å². The highest BCUT2D eigenvalue weighted by Gasteiger charge is 2.06. The molecule has 0 aromatic heterocycles. The molecule has 1 aliphatic rings. The molecule has 0 atom stereocenters. The average Bonchev–Trinajstić information content (AvgIpc) is 2.63. The quantitative estimate of drug-likeness (QED) is 0.712. The highest BCUT2D eigenvalue weighted by molar-refractivity contribution is 5.98. The summed E-state index contributed by atoms with van der Waals surface area (Å²) in [6, 6.07) is 8.78. The van der Waals surface area contributed by atoms with Gasteiger partial charge in [0.15, 0.2) is 0 Å². The zero-order valence-corrected chi connectivity index (χ0v) is 10.6.